The van der Waals surface area contributed by atoms with Crippen molar-refractivity contribution in [1.82, 2.24) is 0 Å². The highest BCUT2D eigenvalue weighted by Gasteiger charge is 2.38. The van der Waals surface area contributed by atoms with Crippen molar-refractivity contribution in [3.8, 4) is 0 Å². The van der Waals surface area contributed by atoms with Crippen molar-refractivity contribution in [3.63, 3.8) is 0 Å². The number of rotatable bonds is 6. The van der Waals surface area contributed by atoms with E-state index in [0.29, 0.717) is 5.02 Å². The molecule has 0 heterocycles. The summed E-state index contributed by atoms with van der Waals surface area (Å²) in [6.45, 7) is 7.99. The molecule has 1 atom stereocenters. The first kappa shape index (κ1) is 17.5. The van der Waals surface area contributed by atoms with Crippen LogP contribution in [0.5, 0.6) is 0 Å². The van der Waals surface area contributed by atoms with Crippen LogP contribution in [-0.4, -0.2) is 20.0 Å². The lowest BCUT2D eigenvalue weighted by molar-refractivity contribution is 0.0892. The van der Waals surface area contributed by atoms with E-state index >= 15 is 0 Å². The zero-order chi connectivity index (χ0) is 16.0. The average Bonchev–Trinajstić information content (AvgIpc) is 2.38. The number of halogens is 1. The molecule has 0 saturated heterocycles. The van der Waals surface area contributed by atoms with E-state index in [9.17, 15) is 10.5 Å². The average molecular weight is 328 g/mol. The summed E-state index contributed by atoms with van der Waals surface area (Å²) in [5.74, 6) is -0.446. The van der Waals surface area contributed by atoms with Crippen molar-refractivity contribution >= 4 is 19.9 Å². The van der Waals surface area contributed by atoms with Gasteiger partial charge in [-0.1, -0.05) is 23.7 Å². The highest BCUT2D eigenvalue weighted by Crippen LogP contribution is 2.32. The van der Waals surface area contributed by atoms with E-state index in [-0.39, 0.29) is 12.3 Å². The predicted octanol–water partition coefficient (Wildman–Crippen LogP) is 4.85. The van der Waals surface area contributed by atoms with Gasteiger partial charge >= 0.3 is 11.6 Å². The Bertz CT molecular complexity index is 547. The molecule has 1 unspecified atom stereocenters. The molecule has 1 rings (SSSR count). The van der Waals surface area contributed by atoms with E-state index in [1.165, 1.54) is 0 Å². The van der Waals surface area contributed by atoms with Gasteiger partial charge in [0.2, 0.25) is 5.39 Å². The van der Waals surface area contributed by atoms with Crippen LogP contribution in [0.4, 0.5) is 0 Å². The van der Waals surface area contributed by atoms with Gasteiger partial charge in [0.25, 0.3) is 0 Å². The number of diazo groups is 1. The Morgan fingerprint density at radius 1 is 1.33 bits per heavy atom. The van der Waals surface area contributed by atoms with Gasteiger partial charge in [0.15, 0.2) is 19.4 Å². The lowest BCUT2D eigenvalue weighted by Crippen LogP contribution is -2.29. The molecule has 0 aliphatic rings. The van der Waals surface area contributed by atoms with Crippen LogP contribution in [0.1, 0.15) is 18.6 Å². The molecule has 0 amide bonds. The Kier molecular flexibility index (Phi) is 6.21. The summed E-state index contributed by atoms with van der Waals surface area (Å²) in [6.07, 6.45) is -0.717. The molecule has 0 spiro atoms. The van der Waals surface area contributed by atoms with Crippen LogP contribution in [0.2, 0.25) is 24.7 Å². The lowest BCUT2D eigenvalue weighted by atomic mass is 10.1. The molecule has 1 aromatic rings. The van der Waals surface area contributed by atoms with Crippen molar-refractivity contribution in [2.45, 2.75) is 32.7 Å². The minimum atomic E-state index is -1.97. The molecule has 0 radical (unpaired) electrons. The number of ether oxygens (including phenoxy) is 1. The van der Waals surface area contributed by atoms with Crippen LogP contribution in [-0.2, 0) is 9.16 Å². The SMILES string of the molecule is CCO/C(O)=C(\[N+]#N)C(O[Si](C)(C)C)c1ccc(Cl)cc1. The minimum absolute atomic E-state index is 0.0541. The van der Waals surface area contributed by atoms with Gasteiger partial charge in [-0.3, -0.25) is 0 Å². The maximum atomic E-state index is 9.91. The van der Waals surface area contributed by atoms with E-state index < -0.39 is 20.4 Å². The molecule has 1 aromatic carbocycles. The number of hydrogen-bond acceptors (Lipinski definition) is 4. The molecule has 114 valence electrons. The van der Waals surface area contributed by atoms with Crippen LogP contribution in [0.25, 0.3) is 4.98 Å². The van der Waals surface area contributed by atoms with Gasteiger partial charge < -0.3 is 14.3 Å². The monoisotopic (exact) mass is 327 g/mol. The largest absolute Gasteiger partial charge is 0.475 e. The summed E-state index contributed by atoms with van der Waals surface area (Å²) in [5.41, 5.74) is 0.669. The summed E-state index contributed by atoms with van der Waals surface area (Å²) < 4.78 is 11.1. The molecule has 0 saturated carbocycles. The number of nitrogens with zero attached hydrogens (tertiary/aromatic N) is 2. The molecule has 5 nitrogen and oxygen atoms in total. The summed E-state index contributed by atoms with van der Waals surface area (Å²) in [5, 5.41) is 19.7. The van der Waals surface area contributed by atoms with Crippen LogP contribution >= 0.6 is 11.6 Å². The van der Waals surface area contributed by atoms with Crippen molar-refractivity contribution in [1.29, 1.82) is 5.39 Å². The number of aliphatic hydroxyl groups excluding tert-OH is 1. The molecule has 0 aromatic heterocycles. The molecule has 0 aliphatic carbocycles. The van der Waals surface area contributed by atoms with Crippen LogP contribution in [0.3, 0.4) is 0 Å². The number of benzene rings is 1. The molecule has 1 N–H and O–H groups in total. The van der Waals surface area contributed by atoms with Gasteiger partial charge in [-0.25, -0.2) is 0 Å². The fourth-order valence-corrected chi connectivity index (χ4v) is 2.77. The van der Waals surface area contributed by atoms with Gasteiger partial charge in [-0.15, -0.1) is 0 Å². The first-order valence-electron chi connectivity index (χ1n) is 6.62. The maximum Gasteiger partial charge on any atom is 0.472 e. The Labute approximate surface area is 130 Å². The van der Waals surface area contributed by atoms with Crippen molar-refractivity contribution in [3.05, 3.63) is 51.5 Å². The van der Waals surface area contributed by atoms with E-state index in [1.54, 1.807) is 31.2 Å². The summed E-state index contributed by atoms with van der Waals surface area (Å²) in [6, 6.07) is 6.95. The highest BCUT2D eigenvalue weighted by molar-refractivity contribution is 6.69. The molecule has 0 fully saturated rings. The predicted molar refractivity (Wildman–Crippen MR) is 85.0 cm³/mol. The van der Waals surface area contributed by atoms with Crippen LogP contribution in [0, 0.1) is 5.39 Å². The summed E-state index contributed by atoms with van der Waals surface area (Å²) in [4.78, 5) is 3.16. The van der Waals surface area contributed by atoms with E-state index in [1.807, 2.05) is 19.6 Å². The molecule has 21 heavy (non-hydrogen) atoms. The van der Waals surface area contributed by atoms with Crippen molar-refractivity contribution < 1.29 is 14.3 Å². The third kappa shape index (κ3) is 5.38. The standard InChI is InChI=1S/C14H19ClN2O3Si/c1-5-19-14(18)12(17-16)13(20-21(2,3)4)10-6-8-11(15)9-7-10/h6-9,13H,5H2,1-4H3/p+1/b14-12-. The number of aliphatic hydroxyl groups is 1. The smallest absolute Gasteiger partial charge is 0.472 e. The van der Waals surface area contributed by atoms with Gasteiger partial charge in [-0.05, 0) is 44.3 Å². The first-order chi connectivity index (χ1) is 9.78. The second kappa shape index (κ2) is 7.45. The van der Waals surface area contributed by atoms with Gasteiger partial charge in [0, 0.05) is 5.02 Å². The molecule has 0 bridgehead atoms. The van der Waals surface area contributed by atoms with Crippen LogP contribution < -0.4 is 0 Å². The third-order valence-corrected chi connectivity index (χ3v) is 3.70. The van der Waals surface area contributed by atoms with E-state index in [2.05, 4.69) is 4.98 Å². The van der Waals surface area contributed by atoms with E-state index in [0.717, 1.165) is 5.56 Å². The normalized spacial score (nSPS) is 14.1. The first-order valence-corrected chi connectivity index (χ1v) is 10.4. The topological polar surface area (TPSA) is 66.8 Å². The fraction of sp³-hybridized carbons (Fsp3) is 0.429. The highest BCUT2D eigenvalue weighted by atomic mass is 35.5. The van der Waals surface area contributed by atoms with Crippen molar-refractivity contribution in [2.75, 3.05) is 6.61 Å². The molecular formula is C14H20ClN2O3Si+. The summed E-state index contributed by atoms with van der Waals surface area (Å²) in [7, 11) is -1.97. The van der Waals surface area contributed by atoms with E-state index in [4.69, 9.17) is 20.8 Å². The Morgan fingerprint density at radius 2 is 1.90 bits per heavy atom. The fourth-order valence-electron chi connectivity index (χ4n) is 1.69. The van der Waals surface area contributed by atoms with Crippen molar-refractivity contribution in [2.24, 2.45) is 0 Å². The maximum absolute atomic E-state index is 9.91. The Morgan fingerprint density at radius 3 is 2.33 bits per heavy atom. The van der Waals surface area contributed by atoms with Gasteiger partial charge in [-0.2, -0.15) is 0 Å². The third-order valence-electron chi connectivity index (χ3n) is 2.50. The number of hydrogen-bond donors (Lipinski definition) is 1. The van der Waals surface area contributed by atoms with Crippen LogP contribution in [0.15, 0.2) is 35.9 Å². The summed E-state index contributed by atoms with van der Waals surface area (Å²) >= 11 is 5.88. The van der Waals surface area contributed by atoms with Gasteiger partial charge in [0.1, 0.15) is 0 Å². The Balaban J connectivity index is 3.28. The molecule has 7 heteroatoms. The lowest BCUT2D eigenvalue weighted by Gasteiger charge is -2.22. The zero-order valence-corrected chi connectivity index (χ0v) is 14.4. The zero-order valence-electron chi connectivity index (χ0n) is 12.6. The second-order valence-corrected chi connectivity index (χ2v) is 10.3. The second-order valence-electron chi connectivity index (χ2n) is 5.39. The molecule has 0 aliphatic heterocycles. The Hall–Kier alpha value is -1.55. The molecular weight excluding hydrogens is 308 g/mol. The minimum Gasteiger partial charge on any atom is -0.475 e. The quantitative estimate of drug-likeness (QED) is 0.460. The van der Waals surface area contributed by atoms with Gasteiger partial charge in [0.05, 0.1) is 6.61 Å².